The summed E-state index contributed by atoms with van der Waals surface area (Å²) in [6.07, 6.45) is 0. The van der Waals surface area contributed by atoms with Gasteiger partial charge in [-0.15, -0.1) is 0 Å². The fourth-order valence-corrected chi connectivity index (χ4v) is 4.47. The Labute approximate surface area is 222 Å². The van der Waals surface area contributed by atoms with Crippen LogP contribution in [0.4, 0.5) is 15.8 Å². The van der Waals surface area contributed by atoms with E-state index in [2.05, 4.69) is 4.90 Å². The SMILES string of the molecule is CCOC(=O)CN(Cc1cccc(F)c1)c1ccc2c(c1)N(C)CC(C)(COc1ccc(C(=N)N)cc1)O2. The highest BCUT2D eigenvalue weighted by Crippen LogP contribution is 2.39. The summed E-state index contributed by atoms with van der Waals surface area (Å²) in [6.45, 7) is 5.29. The van der Waals surface area contributed by atoms with Crippen LogP contribution in [0, 0.1) is 11.2 Å². The molecule has 1 atom stereocenters. The molecule has 3 aromatic carbocycles. The maximum absolute atomic E-state index is 13.8. The van der Waals surface area contributed by atoms with Gasteiger partial charge in [-0.05, 0) is 74.0 Å². The smallest absolute Gasteiger partial charge is 0.325 e. The van der Waals surface area contributed by atoms with E-state index in [9.17, 15) is 9.18 Å². The van der Waals surface area contributed by atoms with E-state index in [-0.39, 0.29) is 30.8 Å². The van der Waals surface area contributed by atoms with Gasteiger partial charge in [0.15, 0.2) is 5.60 Å². The highest BCUT2D eigenvalue weighted by molar-refractivity contribution is 5.94. The zero-order valence-electron chi connectivity index (χ0n) is 21.9. The van der Waals surface area contributed by atoms with Gasteiger partial charge in [0, 0.05) is 24.8 Å². The Morgan fingerprint density at radius 3 is 2.63 bits per heavy atom. The second-order valence-corrected chi connectivity index (χ2v) is 9.58. The number of carbonyl (C=O) groups is 1. The van der Waals surface area contributed by atoms with Gasteiger partial charge in [0.25, 0.3) is 0 Å². The van der Waals surface area contributed by atoms with Crippen LogP contribution in [0.2, 0.25) is 0 Å². The topological polar surface area (TPSA) is 101 Å². The second-order valence-electron chi connectivity index (χ2n) is 9.58. The van der Waals surface area contributed by atoms with Crippen LogP contribution in [-0.2, 0) is 16.1 Å². The van der Waals surface area contributed by atoms with Gasteiger partial charge in [-0.1, -0.05) is 12.1 Å². The van der Waals surface area contributed by atoms with Gasteiger partial charge >= 0.3 is 5.97 Å². The molecule has 1 aliphatic heterocycles. The van der Waals surface area contributed by atoms with Crippen LogP contribution in [-0.4, -0.2) is 50.8 Å². The quantitative estimate of drug-likeness (QED) is 0.233. The molecule has 4 rings (SSSR count). The molecule has 0 aromatic heterocycles. The maximum Gasteiger partial charge on any atom is 0.325 e. The Morgan fingerprint density at radius 1 is 1.18 bits per heavy atom. The van der Waals surface area contributed by atoms with Crippen molar-refractivity contribution < 1.29 is 23.4 Å². The highest BCUT2D eigenvalue weighted by Gasteiger charge is 2.36. The molecule has 0 fully saturated rings. The summed E-state index contributed by atoms with van der Waals surface area (Å²) in [5, 5.41) is 7.52. The number of nitrogen functional groups attached to an aromatic ring is 1. The number of amidine groups is 1. The Kier molecular flexibility index (Phi) is 8.05. The van der Waals surface area contributed by atoms with E-state index in [4.69, 9.17) is 25.4 Å². The minimum absolute atomic E-state index is 0.00785. The predicted octanol–water partition coefficient (Wildman–Crippen LogP) is 4.35. The number of nitrogens with two attached hydrogens (primary N) is 1. The number of nitrogens with zero attached hydrogens (tertiary/aromatic N) is 2. The van der Waals surface area contributed by atoms with Crippen LogP contribution in [0.15, 0.2) is 66.7 Å². The van der Waals surface area contributed by atoms with Crippen LogP contribution < -0.4 is 25.0 Å². The van der Waals surface area contributed by atoms with Crippen molar-refractivity contribution in [3.05, 3.63) is 83.7 Å². The third kappa shape index (κ3) is 6.53. The third-order valence-corrected chi connectivity index (χ3v) is 6.24. The standard InChI is InChI=1S/C29H33FN4O4/c1-4-36-27(35)17-34(16-20-6-5-7-22(30)14-20)23-10-13-26-25(15-23)33(3)18-29(2,38-26)19-37-24-11-8-21(9-12-24)28(31)32/h5-15H,4,16-19H2,1-3H3,(H3,31,32). The Hall–Kier alpha value is -4.27. The number of esters is 1. The molecule has 0 amide bonds. The van der Waals surface area contributed by atoms with Gasteiger partial charge in [-0.25, -0.2) is 4.39 Å². The van der Waals surface area contributed by atoms with Crippen molar-refractivity contribution in [3.8, 4) is 11.5 Å². The fraction of sp³-hybridized carbons (Fsp3) is 0.310. The lowest BCUT2D eigenvalue weighted by Gasteiger charge is -2.41. The van der Waals surface area contributed by atoms with Crippen LogP contribution >= 0.6 is 0 Å². The van der Waals surface area contributed by atoms with Crippen LogP contribution in [0.25, 0.3) is 0 Å². The summed E-state index contributed by atoms with van der Waals surface area (Å²) in [6, 6.07) is 19.1. The molecule has 0 bridgehead atoms. The summed E-state index contributed by atoms with van der Waals surface area (Å²) < 4.78 is 31.4. The Bertz CT molecular complexity index is 1300. The number of rotatable bonds is 10. The minimum Gasteiger partial charge on any atom is -0.489 e. The average Bonchev–Trinajstić information content (AvgIpc) is 2.87. The molecule has 1 heterocycles. The molecule has 0 saturated heterocycles. The number of carbonyl (C=O) groups excluding carboxylic acids is 1. The number of ether oxygens (including phenoxy) is 3. The van der Waals surface area contributed by atoms with Crippen molar-refractivity contribution in [3.63, 3.8) is 0 Å². The maximum atomic E-state index is 13.8. The van der Waals surface area contributed by atoms with E-state index >= 15 is 0 Å². The fourth-order valence-electron chi connectivity index (χ4n) is 4.47. The molecule has 1 aliphatic rings. The van der Waals surface area contributed by atoms with Crippen LogP contribution in [0.5, 0.6) is 11.5 Å². The van der Waals surface area contributed by atoms with Crippen LogP contribution in [0.3, 0.4) is 0 Å². The average molecular weight is 521 g/mol. The molecule has 0 saturated carbocycles. The molecular formula is C29H33FN4O4. The molecule has 200 valence electrons. The van der Waals surface area contributed by atoms with Crippen molar-refractivity contribution in [2.75, 3.05) is 43.2 Å². The molecule has 3 N–H and O–H groups in total. The monoisotopic (exact) mass is 520 g/mol. The molecule has 0 aliphatic carbocycles. The van der Waals surface area contributed by atoms with E-state index in [0.717, 1.165) is 16.9 Å². The number of hydrogen-bond donors (Lipinski definition) is 2. The molecule has 9 heteroatoms. The largest absolute Gasteiger partial charge is 0.489 e. The summed E-state index contributed by atoms with van der Waals surface area (Å²) in [4.78, 5) is 16.3. The lowest BCUT2D eigenvalue weighted by molar-refractivity contribution is -0.141. The van der Waals surface area contributed by atoms with E-state index in [0.29, 0.717) is 36.8 Å². The first-order chi connectivity index (χ1) is 18.2. The molecular weight excluding hydrogens is 487 g/mol. The molecule has 8 nitrogen and oxygen atoms in total. The summed E-state index contributed by atoms with van der Waals surface area (Å²) >= 11 is 0. The predicted molar refractivity (Wildman–Crippen MR) is 146 cm³/mol. The number of anilines is 2. The lowest BCUT2D eigenvalue weighted by atomic mass is 10.0. The first kappa shape index (κ1) is 26.8. The number of halogens is 1. The van der Waals surface area contributed by atoms with Gasteiger partial charge < -0.3 is 29.7 Å². The van der Waals surface area contributed by atoms with Gasteiger partial charge in [0.1, 0.15) is 36.3 Å². The van der Waals surface area contributed by atoms with Gasteiger partial charge in [0.05, 0.1) is 18.8 Å². The van der Waals surface area contributed by atoms with Crippen molar-refractivity contribution in [1.82, 2.24) is 0 Å². The summed E-state index contributed by atoms with van der Waals surface area (Å²) in [5.41, 5.74) is 7.96. The number of nitrogens with one attached hydrogen (secondary N) is 1. The van der Waals surface area contributed by atoms with Crippen molar-refractivity contribution in [1.29, 1.82) is 5.41 Å². The third-order valence-electron chi connectivity index (χ3n) is 6.24. The number of benzene rings is 3. The van der Waals surface area contributed by atoms with Gasteiger partial charge in [0.2, 0.25) is 0 Å². The minimum atomic E-state index is -0.616. The molecule has 0 radical (unpaired) electrons. The van der Waals surface area contributed by atoms with E-state index in [1.807, 2.05) is 43.1 Å². The summed E-state index contributed by atoms with van der Waals surface area (Å²) in [7, 11) is 1.98. The number of fused-ring (bicyclic) bond motifs is 1. The van der Waals surface area contributed by atoms with Crippen molar-refractivity contribution >= 4 is 23.2 Å². The Morgan fingerprint density at radius 2 is 1.95 bits per heavy atom. The van der Waals surface area contributed by atoms with E-state index in [1.54, 1.807) is 37.3 Å². The highest BCUT2D eigenvalue weighted by atomic mass is 19.1. The second kappa shape index (κ2) is 11.4. The molecule has 38 heavy (non-hydrogen) atoms. The normalized spacial score (nSPS) is 16.3. The molecule has 3 aromatic rings. The first-order valence-electron chi connectivity index (χ1n) is 12.4. The van der Waals surface area contributed by atoms with E-state index < -0.39 is 5.60 Å². The molecule has 0 spiro atoms. The van der Waals surface area contributed by atoms with Crippen molar-refractivity contribution in [2.45, 2.75) is 26.0 Å². The van der Waals surface area contributed by atoms with Gasteiger partial charge in [-0.2, -0.15) is 0 Å². The first-order valence-corrected chi connectivity index (χ1v) is 12.4. The van der Waals surface area contributed by atoms with Crippen LogP contribution in [0.1, 0.15) is 25.0 Å². The number of hydrogen-bond acceptors (Lipinski definition) is 7. The zero-order chi connectivity index (χ0) is 27.3. The Balaban J connectivity index is 1.51. The van der Waals surface area contributed by atoms with Crippen molar-refractivity contribution in [2.24, 2.45) is 5.73 Å². The molecule has 1 unspecified atom stereocenters. The van der Waals surface area contributed by atoms with Gasteiger partial charge in [-0.3, -0.25) is 10.2 Å². The lowest BCUT2D eigenvalue weighted by Crippen LogP contribution is -2.51. The number of likely N-dealkylation sites (N-methyl/N-ethyl adjacent to an activating group) is 1. The van der Waals surface area contributed by atoms with E-state index in [1.165, 1.54) is 12.1 Å². The zero-order valence-corrected chi connectivity index (χ0v) is 21.9. The summed E-state index contributed by atoms with van der Waals surface area (Å²) in [5.74, 6) is 0.687.